The van der Waals surface area contributed by atoms with E-state index in [0.29, 0.717) is 37.6 Å². The van der Waals surface area contributed by atoms with Gasteiger partial charge in [0.05, 0.1) is 25.6 Å². The molecule has 1 atom stereocenters. The Bertz CT molecular complexity index is 766. The van der Waals surface area contributed by atoms with Gasteiger partial charge >= 0.3 is 5.97 Å². The summed E-state index contributed by atoms with van der Waals surface area (Å²) in [5.41, 5.74) is 0.445. The van der Waals surface area contributed by atoms with Crippen molar-refractivity contribution >= 4 is 23.5 Å². The van der Waals surface area contributed by atoms with Gasteiger partial charge in [-0.1, -0.05) is 12.5 Å². The number of benzene rings is 1. The lowest BCUT2D eigenvalue weighted by Crippen LogP contribution is -2.43. The van der Waals surface area contributed by atoms with Crippen molar-refractivity contribution in [1.29, 1.82) is 0 Å². The molecule has 2 amide bonds. The van der Waals surface area contributed by atoms with Crippen molar-refractivity contribution < 1.29 is 23.9 Å². The topological polar surface area (TPSA) is 84.9 Å². The highest BCUT2D eigenvalue weighted by molar-refractivity contribution is 5.99. The number of carbonyl (C=O) groups excluding carboxylic acids is 3. The van der Waals surface area contributed by atoms with E-state index in [2.05, 4.69) is 5.32 Å². The van der Waals surface area contributed by atoms with Crippen LogP contribution in [0.5, 0.6) is 0 Å². The van der Waals surface area contributed by atoms with Gasteiger partial charge in [0.25, 0.3) is 5.91 Å². The molecule has 3 aliphatic rings. The lowest BCUT2D eigenvalue weighted by molar-refractivity contribution is -0.153. The third-order valence-corrected chi connectivity index (χ3v) is 6.01. The van der Waals surface area contributed by atoms with Gasteiger partial charge in [-0.25, -0.2) is 0 Å². The summed E-state index contributed by atoms with van der Waals surface area (Å²) in [5, 5.41) is 2.91. The number of carbonyl (C=O) groups is 3. The van der Waals surface area contributed by atoms with Crippen LogP contribution in [0.4, 0.5) is 5.69 Å². The van der Waals surface area contributed by atoms with Crippen LogP contribution < -0.4 is 5.32 Å². The summed E-state index contributed by atoms with van der Waals surface area (Å²) < 4.78 is 10.9. The zero-order valence-corrected chi connectivity index (χ0v) is 15.9. The van der Waals surface area contributed by atoms with Gasteiger partial charge in [-0.2, -0.15) is 0 Å². The Balaban J connectivity index is 1.47. The Hall–Kier alpha value is -2.41. The van der Waals surface area contributed by atoms with Crippen LogP contribution in [0.2, 0.25) is 0 Å². The van der Waals surface area contributed by atoms with Crippen LogP contribution in [0.25, 0.3) is 0 Å². The van der Waals surface area contributed by atoms with Crippen molar-refractivity contribution in [2.24, 2.45) is 5.92 Å². The molecular formula is C21H26N2O5. The minimum atomic E-state index is -0.652. The molecule has 4 rings (SSSR count). The molecular weight excluding hydrogens is 360 g/mol. The fourth-order valence-corrected chi connectivity index (χ4v) is 4.53. The fourth-order valence-electron chi connectivity index (χ4n) is 4.53. The van der Waals surface area contributed by atoms with Crippen LogP contribution in [0.15, 0.2) is 24.3 Å². The predicted octanol–water partition coefficient (Wildman–Crippen LogP) is 2.36. The number of hydrogen-bond donors (Lipinski definition) is 1. The van der Waals surface area contributed by atoms with Gasteiger partial charge in [0.15, 0.2) is 0 Å². The molecule has 0 bridgehead atoms. The summed E-state index contributed by atoms with van der Waals surface area (Å²) in [4.78, 5) is 39.3. The molecule has 150 valence electrons. The molecule has 1 saturated carbocycles. The summed E-state index contributed by atoms with van der Waals surface area (Å²) in [5.74, 6) is -1.04. The van der Waals surface area contributed by atoms with Gasteiger partial charge in [-0.3, -0.25) is 14.4 Å². The van der Waals surface area contributed by atoms with E-state index < -0.39 is 11.5 Å². The van der Waals surface area contributed by atoms with Crippen LogP contribution in [0, 0.1) is 5.92 Å². The summed E-state index contributed by atoms with van der Waals surface area (Å²) in [7, 11) is 0. The lowest BCUT2D eigenvalue weighted by atomic mass is 9.75. The molecule has 3 fully saturated rings. The van der Waals surface area contributed by atoms with Crippen LogP contribution >= 0.6 is 0 Å². The molecule has 0 unspecified atom stereocenters. The second kappa shape index (κ2) is 7.91. The van der Waals surface area contributed by atoms with E-state index in [1.165, 1.54) is 0 Å². The first-order chi connectivity index (χ1) is 13.6. The third kappa shape index (κ3) is 3.76. The maximum Gasteiger partial charge on any atom is 0.307 e. The van der Waals surface area contributed by atoms with E-state index >= 15 is 0 Å². The standard InChI is InChI=1S/C21H26N2O5/c24-18-14-17(21(28-18)7-2-1-3-8-21)19(25)22-16-6-4-5-15(13-16)20(26)23-9-11-27-12-10-23/h4-6,13,17H,1-3,7-12,14H2,(H,22,25)/t17-/m1/s1. The van der Waals surface area contributed by atoms with E-state index in [9.17, 15) is 14.4 Å². The predicted molar refractivity (Wildman–Crippen MR) is 102 cm³/mol. The van der Waals surface area contributed by atoms with Crippen LogP contribution in [0.3, 0.4) is 0 Å². The number of morpholine rings is 1. The average Bonchev–Trinajstić information content (AvgIpc) is 3.04. The van der Waals surface area contributed by atoms with Crippen molar-refractivity contribution in [2.45, 2.75) is 44.1 Å². The molecule has 28 heavy (non-hydrogen) atoms. The normalized spacial score (nSPS) is 24.1. The van der Waals surface area contributed by atoms with Crippen molar-refractivity contribution in [3.8, 4) is 0 Å². The summed E-state index contributed by atoms with van der Waals surface area (Å²) in [6, 6.07) is 6.97. The van der Waals surface area contributed by atoms with Gasteiger partial charge in [-0.05, 0) is 43.9 Å². The van der Waals surface area contributed by atoms with Crippen molar-refractivity contribution in [1.82, 2.24) is 4.90 Å². The highest BCUT2D eigenvalue weighted by Crippen LogP contribution is 2.44. The Kier molecular flexibility index (Phi) is 5.35. The Morgan fingerprint density at radius 3 is 2.61 bits per heavy atom. The Morgan fingerprint density at radius 2 is 1.86 bits per heavy atom. The molecule has 1 N–H and O–H groups in total. The molecule has 1 spiro atoms. The maximum atomic E-state index is 13.0. The molecule has 2 aliphatic heterocycles. The quantitative estimate of drug-likeness (QED) is 0.806. The highest BCUT2D eigenvalue weighted by Gasteiger charge is 2.52. The first-order valence-electron chi connectivity index (χ1n) is 10.1. The average molecular weight is 386 g/mol. The van der Waals surface area contributed by atoms with Gasteiger partial charge in [0.1, 0.15) is 5.60 Å². The van der Waals surface area contributed by atoms with Gasteiger partial charge in [0, 0.05) is 24.3 Å². The van der Waals surface area contributed by atoms with E-state index in [1.807, 2.05) is 0 Å². The number of rotatable bonds is 3. The number of nitrogens with one attached hydrogen (secondary N) is 1. The number of anilines is 1. The van der Waals surface area contributed by atoms with E-state index in [4.69, 9.17) is 9.47 Å². The lowest BCUT2D eigenvalue weighted by Gasteiger charge is -2.36. The number of esters is 1. The summed E-state index contributed by atoms with van der Waals surface area (Å²) >= 11 is 0. The minimum Gasteiger partial charge on any atom is -0.458 e. The van der Waals surface area contributed by atoms with Crippen molar-refractivity contribution in [2.75, 3.05) is 31.6 Å². The molecule has 2 saturated heterocycles. The first-order valence-corrected chi connectivity index (χ1v) is 10.1. The molecule has 7 nitrogen and oxygen atoms in total. The molecule has 1 aliphatic carbocycles. The van der Waals surface area contributed by atoms with E-state index in [1.54, 1.807) is 29.2 Å². The smallest absolute Gasteiger partial charge is 0.307 e. The largest absolute Gasteiger partial charge is 0.458 e. The molecule has 1 aromatic rings. The van der Waals surface area contributed by atoms with E-state index in [0.717, 1.165) is 32.1 Å². The van der Waals surface area contributed by atoms with Gasteiger partial charge in [0.2, 0.25) is 5.91 Å². The molecule has 1 aromatic carbocycles. The maximum absolute atomic E-state index is 13.0. The molecule has 0 radical (unpaired) electrons. The third-order valence-electron chi connectivity index (χ3n) is 6.01. The zero-order chi connectivity index (χ0) is 19.6. The van der Waals surface area contributed by atoms with Gasteiger partial charge < -0.3 is 19.7 Å². The molecule has 0 aromatic heterocycles. The molecule has 2 heterocycles. The number of nitrogens with zero attached hydrogens (tertiary/aromatic N) is 1. The number of amides is 2. The minimum absolute atomic E-state index is 0.0671. The Morgan fingerprint density at radius 1 is 1.11 bits per heavy atom. The van der Waals surface area contributed by atoms with Crippen molar-refractivity contribution in [3.63, 3.8) is 0 Å². The molecule has 7 heteroatoms. The first kappa shape index (κ1) is 18.9. The number of ether oxygens (including phenoxy) is 2. The van der Waals surface area contributed by atoms with Gasteiger partial charge in [-0.15, -0.1) is 0 Å². The summed E-state index contributed by atoms with van der Waals surface area (Å²) in [6.07, 6.45) is 4.66. The Labute approximate surface area is 164 Å². The second-order valence-corrected chi connectivity index (χ2v) is 7.83. The van der Waals surface area contributed by atoms with Crippen LogP contribution in [-0.4, -0.2) is 54.6 Å². The van der Waals surface area contributed by atoms with Crippen LogP contribution in [-0.2, 0) is 19.1 Å². The SMILES string of the molecule is O=C1C[C@H](C(=O)Nc2cccc(C(=O)N3CCOCC3)c2)C2(CCCCC2)O1. The fraction of sp³-hybridized carbons (Fsp3) is 0.571. The van der Waals surface area contributed by atoms with Crippen LogP contribution in [0.1, 0.15) is 48.9 Å². The highest BCUT2D eigenvalue weighted by atomic mass is 16.6. The number of hydrogen-bond acceptors (Lipinski definition) is 5. The van der Waals surface area contributed by atoms with Crippen molar-refractivity contribution in [3.05, 3.63) is 29.8 Å². The monoisotopic (exact) mass is 386 g/mol. The summed E-state index contributed by atoms with van der Waals surface area (Å²) in [6.45, 7) is 2.22. The van der Waals surface area contributed by atoms with E-state index in [-0.39, 0.29) is 24.2 Å². The zero-order valence-electron chi connectivity index (χ0n) is 15.9. The second-order valence-electron chi connectivity index (χ2n) is 7.83.